The lowest BCUT2D eigenvalue weighted by molar-refractivity contribution is -0.206. The summed E-state index contributed by atoms with van der Waals surface area (Å²) in [4.78, 5) is 0. The van der Waals surface area contributed by atoms with E-state index in [-0.39, 0.29) is 18.8 Å². The van der Waals surface area contributed by atoms with Crippen molar-refractivity contribution in [2.24, 2.45) is 0 Å². The van der Waals surface area contributed by atoms with Crippen molar-refractivity contribution in [2.75, 3.05) is 20.8 Å². The standard InChI is InChI=1S/C8H10O.C7H6F2O.C5H7F3O.C2H6/c1-9-7-8-5-3-2-4-6-8;1-10-6-4-2-3-5(8)7(6)9;6-5(7,8)4-2-1-3-9-4;1-2/h2-6H,7H2,1H3;2-4H,1H3;4H,1-3H2;1-2H3. The summed E-state index contributed by atoms with van der Waals surface area (Å²) in [5.41, 5.74) is 1.22. The molecule has 0 aliphatic carbocycles. The number of hydrogen-bond donors (Lipinski definition) is 0. The average Bonchev–Trinajstić information content (AvgIpc) is 3.29. The Balaban J connectivity index is 0.000000404. The molecule has 1 heterocycles. The molecule has 1 aliphatic rings. The molecule has 2 aromatic carbocycles. The summed E-state index contributed by atoms with van der Waals surface area (Å²) in [6.45, 7) is 4.96. The summed E-state index contributed by atoms with van der Waals surface area (Å²) in [7, 11) is 2.99. The number of benzene rings is 2. The first-order chi connectivity index (χ1) is 14.3. The summed E-state index contributed by atoms with van der Waals surface area (Å²) in [6, 6.07) is 13.9. The molecule has 0 aromatic heterocycles. The molecule has 0 amide bonds. The molecule has 30 heavy (non-hydrogen) atoms. The van der Waals surface area contributed by atoms with Crippen LogP contribution in [0.1, 0.15) is 32.3 Å². The molecule has 1 fully saturated rings. The number of hydrogen-bond acceptors (Lipinski definition) is 3. The number of alkyl halides is 3. The van der Waals surface area contributed by atoms with Gasteiger partial charge in [0.25, 0.3) is 0 Å². The smallest absolute Gasteiger partial charge is 0.414 e. The largest absolute Gasteiger partial charge is 0.494 e. The number of halogens is 5. The van der Waals surface area contributed by atoms with Crippen LogP contribution in [0.25, 0.3) is 0 Å². The minimum absolute atomic E-state index is 0.0694. The predicted octanol–water partition coefficient (Wildman–Crippen LogP) is 6.56. The van der Waals surface area contributed by atoms with Gasteiger partial charge in [-0.2, -0.15) is 17.6 Å². The molecule has 0 spiro atoms. The second-order valence-electron chi connectivity index (χ2n) is 5.72. The van der Waals surface area contributed by atoms with E-state index in [0.29, 0.717) is 13.0 Å². The van der Waals surface area contributed by atoms with Crippen molar-refractivity contribution in [3.63, 3.8) is 0 Å². The van der Waals surface area contributed by atoms with Gasteiger partial charge < -0.3 is 14.2 Å². The minimum atomic E-state index is -4.14. The van der Waals surface area contributed by atoms with Crippen LogP contribution in [0.2, 0.25) is 0 Å². The fourth-order valence-electron chi connectivity index (χ4n) is 2.22. The molecular formula is C22H29F5O3. The molecule has 0 saturated carbocycles. The van der Waals surface area contributed by atoms with Crippen LogP contribution in [-0.4, -0.2) is 33.1 Å². The van der Waals surface area contributed by atoms with Gasteiger partial charge in [-0.1, -0.05) is 50.2 Å². The van der Waals surface area contributed by atoms with E-state index in [1.54, 1.807) is 7.11 Å². The third kappa shape index (κ3) is 11.1. The Morgan fingerprint density at radius 1 is 0.967 bits per heavy atom. The van der Waals surface area contributed by atoms with E-state index in [4.69, 9.17) is 4.74 Å². The van der Waals surface area contributed by atoms with Gasteiger partial charge in [-0.3, -0.25) is 0 Å². The number of rotatable bonds is 3. The lowest BCUT2D eigenvalue weighted by Crippen LogP contribution is -2.27. The van der Waals surface area contributed by atoms with Crippen LogP contribution in [0.3, 0.4) is 0 Å². The highest BCUT2D eigenvalue weighted by Gasteiger charge is 2.42. The lowest BCUT2D eigenvalue weighted by Gasteiger charge is -2.12. The second kappa shape index (κ2) is 15.6. The van der Waals surface area contributed by atoms with Crippen molar-refractivity contribution in [3.8, 4) is 5.75 Å². The van der Waals surface area contributed by atoms with Gasteiger partial charge in [-0.15, -0.1) is 0 Å². The van der Waals surface area contributed by atoms with Crippen molar-refractivity contribution in [1.82, 2.24) is 0 Å². The predicted molar refractivity (Wildman–Crippen MR) is 106 cm³/mol. The summed E-state index contributed by atoms with van der Waals surface area (Å²) in [5, 5.41) is 0. The van der Waals surface area contributed by atoms with Crippen LogP contribution < -0.4 is 4.74 Å². The molecular weight excluding hydrogens is 407 g/mol. The third-order valence-corrected chi connectivity index (χ3v) is 3.58. The fourth-order valence-corrected chi connectivity index (χ4v) is 2.22. The van der Waals surface area contributed by atoms with Gasteiger partial charge in [0, 0.05) is 13.7 Å². The first-order valence-electron chi connectivity index (χ1n) is 9.48. The van der Waals surface area contributed by atoms with Crippen LogP contribution in [-0.2, 0) is 16.1 Å². The van der Waals surface area contributed by atoms with Crippen LogP contribution in [0.4, 0.5) is 22.0 Å². The van der Waals surface area contributed by atoms with Crippen molar-refractivity contribution in [1.29, 1.82) is 0 Å². The molecule has 3 rings (SSSR count). The van der Waals surface area contributed by atoms with E-state index < -0.39 is 23.9 Å². The second-order valence-corrected chi connectivity index (χ2v) is 5.72. The Hall–Kier alpha value is -2.19. The maximum atomic E-state index is 12.5. The minimum Gasteiger partial charge on any atom is -0.494 e. The molecule has 1 aliphatic heterocycles. The first-order valence-corrected chi connectivity index (χ1v) is 9.48. The molecule has 2 aromatic rings. The fraction of sp³-hybridized carbons (Fsp3) is 0.455. The summed E-state index contributed by atoms with van der Waals surface area (Å²) < 4.78 is 73.6. The quantitative estimate of drug-likeness (QED) is 0.510. The van der Waals surface area contributed by atoms with Gasteiger partial charge in [-0.05, 0) is 30.5 Å². The van der Waals surface area contributed by atoms with Crippen LogP contribution >= 0.6 is 0 Å². The molecule has 1 saturated heterocycles. The van der Waals surface area contributed by atoms with Crippen molar-refractivity contribution >= 4 is 0 Å². The Morgan fingerprint density at radius 2 is 1.60 bits per heavy atom. The van der Waals surface area contributed by atoms with Crippen LogP contribution in [0, 0.1) is 11.6 Å². The maximum Gasteiger partial charge on any atom is 0.414 e. The summed E-state index contributed by atoms with van der Waals surface area (Å²) in [6.07, 6.45) is -4.97. The Labute approximate surface area is 174 Å². The summed E-state index contributed by atoms with van der Waals surface area (Å²) >= 11 is 0. The zero-order valence-corrected chi connectivity index (χ0v) is 17.6. The maximum absolute atomic E-state index is 12.5. The zero-order valence-electron chi connectivity index (χ0n) is 17.6. The highest BCUT2D eigenvalue weighted by Crippen LogP contribution is 2.29. The van der Waals surface area contributed by atoms with Crippen LogP contribution in [0.15, 0.2) is 48.5 Å². The average molecular weight is 436 g/mol. The van der Waals surface area contributed by atoms with Gasteiger partial charge in [-0.25, -0.2) is 4.39 Å². The van der Waals surface area contributed by atoms with E-state index in [9.17, 15) is 22.0 Å². The van der Waals surface area contributed by atoms with Gasteiger partial charge >= 0.3 is 6.18 Å². The molecule has 0 radical (unpaired) electrons. The number of methoxy groups -OCH3 is 2. The first kappa shape index (κ1) is 27.8. The highest BCUT2D eigenvalue weighted by molar-refractivity contribution is 5.24. The van der Waals surface area contributed by atoms with Crippen LogP contribution in [0.5, 0.6) is 5.75 Å². The zero-order chi connectivity index (χ0) is 23.0. The molecule has 0 N–H and O–H groups in total. The van der Waals surface area contributed by atoms with E-state index >= 15 is 0 Å². The Morgan fingerprint density at radius 3 is 2.00 bits per heavy atom. The highest BCUT2D eigenvalue weighted by atomic mass is 19.4. The van der Waals surface area contributed by atoms with Crippen molar-refractivity contribution in [3.05, 3.63) is 65.7 Å². The van der Waals surface area contributed by atoms with Gasteiger partial charge in [0.05, 0.1) is 13.7 Å². The van der Waals surface area contributed by atoms with Gasteiger partial charge in [0.1, 0.15) is 0 Å². The number of ether oxygens (including phenoxy) is 3. The van der Waals surface area contributed by atoms with Gasteiger partial charge in [0.2, 0.25) is 5.82 Å². The monoisotopic (exact) mass is 436 g/mol. The lowest BCUT2D eigenvalue weighted by atomic mass is 10.2. The molecule has 1 unspecified atom stereocenters. The SMILES string of the molecule is CC.COCc1ccccc1.COc1cccc(F)c1F.FC(F)(F)C1CCCO1. The third-order valence-electron chi connectivity index (χ3n) is 3.58. The molecule has 8 heteroatoms. The van der Waals surface area contributed by atoms with E-state index in [2.05, 4.69) is 9.47 Å². The molecule has 0 bridgehead atoms. The molecule has 3 nitrogen and oxygen atoms in total. The normalized spacial score (nSPS) is 14.9. The molecule has 170 valence electrons. The van der Waals surface area contributed by atoms with Crippen molar-refractivity contribution in [2.45, 2.75) is 45.6 Å². The molecule has 1 atom stereocenters. The topological polar surface area (TPSA) is 27.7 Å². The van der Waals surface area contributed by atoms with Gasteiger partial charge in [0.15, 0.2) is 17.7 Å². The van der Waals surface area contributed by atoms with E-state index in [1.165, 1.54) is 24.8 Å². The van der Waals surface area contributed by atoms with E-state index in [1.807, 2.05) is 44.2 Å². The summed E-state index contributed by atoms with van der Waals surface area (Å²) in [5.74, 6) is -1.90. The Kier molecular flexibility index (Phi) is 14.5. The van der Waals surface area contributed by atoms with Crippen molar-refractivity contribution < 1.29 is 36.2 Å². The Bertz CT molecular complexity index is 672. The van der Waals surface area contributed by atoms with E-state index in [0.717, 1.165) is 6.07 Å².